The molecule has 2 heterocycles. The normalized spacial score (nSPS) is 11.1. The first-order valence-corrected chi connectivity index (χ1v) is 10.1. The SMILES string of the molecule is C=Cc1ccc(-c2cc(C)nc3c2ccc2c(-c4ccccc4)cc(C)nc23)cc1. The van der Waals surface area contributed by atoms with Crippen LogP contribution in [0.1, 0.15) is 17.0 Å². The second kappa shape index (κ2) is 7.23. The molecule has 0 radical (unpaired) electrons. The van der Waals surface area contributed by atoms with E-state index in [4.69, 9.17) is 9.97 Å². The van der Waals surface area contributed by atoms with E-state index >= 15 is 0 Å². The van der Waals surface area contributed by atoms with E-state index in [9.17, 15) is 0 Å². The summed E-state index contributed by atoms with van der Waals surface area (Å²) >= 11 is 0. The Bertz CT molecular complexity index is 1400. The molecule has 0 bridgehead atoms. The second-order valence-electron chi connectivity index (χ2n) is 7.67. The van der Waals surface area contributed by atoms with Crippen LogP contribution in [0.4, 0.5) is 0 Å². The Morgan fingerprint density at radius 3 is 1.63 bits per heavy atom. The van der Waals surface area contributed by atoms with Crippen LogP contribution in [-0.2, 0) is 0 Å². The molecule has 0 atom stereocenters. The monoisotopic (exact) mass is 386 g/mol. The predicted octanol–water partition coefficient (Wildman–Crippen LogP) is 7.38. The summed E-state index contributed by atoms with van der Waals surface area (Å²) in [6, 6.07) is 27.7. The number of aryl methyl sites for hydroxylation is 2. The molecular formula is C28H22N2. The van der Waals surface area contributed by atoms with E-state index in [1.165, 1.54) is 22.3 Å². The van der Waals surface area contributed by atoms with Gasteiger partial charge < -0.3 is 0 Å². The van der Waals surface area contributed by atoms with E-state index in [2.05, 4.69) is 86.3 Å². The Kier molecular flexibility index (Phi) is 4.40. The lowest BCUT2D eigenvalue weighted by atomic mass is 9.95. The zero-order chi connectivity index (χ0) is 20.7. The predicted molar refractivity (Wildman–Crippen MR) is 127 cm³/mol. The molecule has 0 unspecified atom stereocenters. The number of pyridine rings is 2. The van der Waals surface area contributed by atoms with Gasteiger partial charge in [-0.1, -0.05) is 79.4 Å². The van der Waals surface area contributed by atoms with Gasteiger partial charge in [-0.2, -0.15) is 0 Å². The van der Waals surface area contributed by atoms with Crippen LogP contribution in [0.5, 0.6) is 0 Å². The first-order chi connectivity index (χ1) is 14.6. The van der Waals surface area contributed by atoms with Gasteiger partial charge in [0.1, 0.15) is 0 Å². The van der Waals surface area contributed by atoms with Crippen LogP contribution in [-0.4, -0.2) is 9.97 Å². The van der Waals surface area contributed by atoms with Gasteiger partial charge in [0.25, 0.3) is 0 Å². The molecule has 2 heteroatoms. The Labute approximate surface area is 176 Å². The van der Waals surface area contributed by atoms with Crippen molar-refractivity contribution in [3.05, 3.63) is 102 Å². The van der Waals surface area contributed by atoms with Gasteiger partial charge in [0, 0.05) is 22.2 Å². The Morgan fingerprint density at radius 2 is 1.13 bits per heavy atom. The quantitative estimate of drug-likeness (QED) is 0.302. The number of hydrogen-bond acceptors (Lipinski definition) is 2. The summed E-state index contributed by atoms with van der Waals surface area (Å²) < 4.78 is 0. The molecule has 144 valence electrons. The zero-order valence-electron chi connectivity index (χ0n) is 17.2. The second-order valence-corrected chi connectivity index (χ2v) is 7.67. The smallest absolute Gasteiger partial charge is 0.0974 e. The molecule has 30 heavy (non-hydrogen) atoms. The molecule has 5 rings (SSSR count). The van der Waals surface area contributed by atoms with Crippen LogP contribution in [0.25, 0.3) is 50.1 Å². The van der Waals surface area contributed by atoms with E-state index in [0.29, 0.717) is 0 Å². The van der Waals surface area contributed by atoms with Gasteiger partial charge >= 0.3 is 0 Å². The van der Waals surface area contributed by atoms with Crippen LogP contribution < -0.4 is 0 Å². The third-order valence-electron chi connectivity index (χ3n) is 5.56. The van der Waals surface area contributed by atoms with Crippen molar-refractivity contribution < 1.29 is 0 Å². The first kappa shape index (κ1) is 18.3. The minimum atomic E-state index is 0.955. The van der Waals surface area contributed by atoms with Crippen molar-refractivity contribution >= 4 is 27.9 Å². The summed E-state index contributed by atoms with van der Waals surface area (Å²) in [6.45, 7) is 7.96. The van der Waals surface area contributed by atoms with E-state index in [0.717, 1.165) is 38.8 Å². The van der Waals surface area contributed by atoms with Crippen molar-refractivity contribution in [1.29, 1.82) is 0 Å². The average molecular weight is 386 g/mol. The molecule has 3 aromatic carbocycles. The maximum absolute atomic E-state index is 4.92. The van der Waals surface area contributed by atoms with Crippen LogP contribution >= 0.6 is 0 Å². The molecule has 0 N–H and O–H groups in total. The van der Waals surface area contributed by atoms with Crippen molar-refractivity contribution in [2.24, 2.45) is 0 Å². The molecular weight excluding hydrogens is 364 g/mol. The van der Waals surface area contributed by atoms with Gasteiger partial charge in [0.2, 0.25) is 0 Å². The molecule has 2 nitrogen and oxygen atoms in total. The molecule has 0 aliphatic heterocycles. The van der Waals surface area contributed by atoms with E-state index < -0.39 is 0 Å². The fraction of sp³-hybridized carbons (Fsp3) is 0.0714. The molecule has 5 aromatic rings. The maximum Gasteiger partial charge on any atom is 0.0974 e. The third kappa shape index (κ3) is 3.07. The van der Waals surface area contributed by atoms with Gasteiger partial charge in [0.15, 0.2) is 0 Å². The van der Waals surface area contributed by atoms with Gasteiger partial charge in [-0.05, 0) is 53.8 Å². The van der Waals surface area contributed by atoms with Crippen LogP contribution in [0.2, 0.25) is 0 Å². The third-order valence-corrected chi connectivity index (χ3v) is 5.56. The highest BCUT2D eigenvalue weighted by Gasteiger charge is 2.14. The number of fused-ring (bicyclic) bond motifs is 3. The number of benzene rings is 3. The fourth-order valence-electron chi connectivity index (χ4n) is 4.13. The number of rotatable bonds is 3. The fourth-order valence-corrected chi connectivity index (χ4v) is 4.13. The zero-order valence-corrected chi connectivity index (χ0v) is 17.2. The average Bonchev–Trinajstić information content (AvgIpc) is 2.78. The lowest BCUT2D eigenvalue weighted by molar-refractivity contribution is 1.23. The molecule has 0 amide bonds. The van der Waals surface area contributed by atoms with Crippen LogP contribution in [0, 0.1) is 13.8 Å². The summed E-state index contributed by atoms with van der Waals surface area (Å²) in [5, 5.41) is 2.25. The highest BCUT2D eigenvalue weighted by atomic mass is 14.8. The van der Waals surface area contributed by atoms with Gasteiger partial charge in [0.05, 0.1) is 11.0 Å². The van der Waals surface area contributed by atoms with Crippen molar-refractivity contribution in [2.45, 2.75) is 13.8 Å². The van der Waals surface area contributed by atoms with E-state index in [1.54, 1.807) is 0 Å². The molecule has 0 saturated carbocycles. The Morgan fingerprint density at radius 1 is 0.633 bits per heavy atom. The largest absolute Gasteiger partial charge is 0.251 e. The summed E-state index contributed by atoms with van der Waals surface area (Å²) in [5.74, 6) is 0. The lowest BCUT2D eigenvalue weighted by Crippen LogP contribution is -1.94. The minimum Gasteiger partial charge on any atom is -0.251 e. The highest BCUT2D eigenvalue weighted by Crippen LogP contribution is 2.36. The van der Waals surface area contributed by atoms with Crippen LogP contribution in [0.15, 0.2) is 85.4 Å². The minimum absolute atomic E-state index is 0.955. The molecule has 0 aliphatic rings. The molecule has 0 saturated heterocycles. The van der Waals surface area contributed by atoms with Crippen molar-refractivity contribution in [2.75, 3.05) is 0 Å². The highest BCUT2D eigenvalue weighted by molar-refractivity contribution is 6.12. The van der Waals surface area contributed by atoms with E-state index in [1.807, 2.05) is 19.1 Å². The summed E-state index contributed by atoms with van der Waals surface area (Å²) in [7, 11) is 0. The topological polar surface area (TPSA) is 25.8 Å². The Hall–Kier alpha value is -3.78. The molecule has 0 spiro atoms. The van der Waals surface area contributed by atoms with Gasteiger partial charge in [-0.25, -0.2) is 0 Å². The standard InChI is InChI=1S/C28H22N2/c1-4-20-10-12-22(13-11-20)26-17-19(3)30-28-24(26)15-14-23-25(16-18(2)29-27(23)28)21-8-6-5-7-9-21/h4-17H,1H2,2-3H3. The molecule has 0 aliphatic carbocycles. The number of hydrogen-bond donors (Lipinski definition) is 0. The number of nitrogens with zero attached hydrogens (tertiary/aromatic N) is 2. The maximum atomic E-state index is 4.92. The van der Waals surface area contributed by atoms with Crippen molar-refractivity contribution in [1.82, 2.24) is 9.97 Å². The molecule has 2 aromatic heterocycles. The summed E-state index contributed by atoms with van der Waals surface area (Å²) in [5.41, 5.74) is 9.75. The van der Waals surface area contributed by atoms with Crippen molar-refractivity contribution in [3.8, 4) is 22.3 Å². The van der Waals surface area contributed by atoms with Crippen LogP contribution in [0.3, 0.4) is 0 Å². The van der Waals surface area contributed by atoms with Crippen molar-refractivity contribution in [3.63, 3.8) is 0 Å². The summed E-state index contributed by atoms with van der Waals surface area (Å²) in [4.78, 5) is 9.84. The lowest BCUT2D eigenvalue weighted by Gasteiger charge is -2.13. The molecule has 0 fully saturated rings. The number of aromatic nitrogens is 2. The Balaban J connectivity index is 1.83. The van der Waals surface area contributed by atoms with Gasteiger partial charge in [-0.15, -0.1) is 0 Å². The van der Waals surface area contributed by atoms with Gasteiger partial charge in [-0.3, -0.25) is 9.97 Å². The first-order valence-electron chi connectivity index (χ1n) is 10.1. The summed E-state index contributed by atoms with van der Waals surface area (Å²) in [6.07, 6.45) is 1.87. The van der Waals surface area contributed by atoms with E-state index in [-0.39, 0.29) is 0 Å².